The molecule has 1 aromatic heterocycles. The minimum atomic E-state index is -0.817. The van der Waals surface area contributed by atoms with Gasteiger partial charge in [0, 0.05) is 51.7 Å². The van der Waals surface area contributed by atoms with Gasteiger partial charge >= 0.3 is 0 Å². The average Bonchev–Trinajstić information content (AvgIpc) is 2.84. The fraction of sp³-hybridized carbons (Fsp3) is 0.438. The van der Waals surface area contributed by atoms with E-state index in [0.29, 0.717) is 5.75 Å². The Bertz CT molecular complexity index is 628. The van der Waals surface area contributed by atoms with Gasteiger partial charge in [-0.1, -0.05) is 32.9 Å². The summed E-state index contributed by atoms with van der Waals surface area (Å²) in [7, 11) is -0.817. The van der Waals surface area contributed by atoms with Crippen LogP contribution in [0.5, 0.6) is 0 Å². The van der Waals surface area contributed by atoms with Gasteiger partial charge in [-0.25, -0.2) is 0 Å². The second kappa shape index (κ2) is 6.43. The second-order valence-corrected chi connectivity index (χ2v) is 7.73. The normalized spacial score (nSPS) is 13.1. The van der Waals surface area contributed by atoms with E-state index in [1.54, 1.807) is 6.26 Å². The summed E-state index contributed by atoms with van der Waals surface area (Å²) in [5.41, 5.74) is 4.50. The van der Waals surface area contributed by atoms with Gasteiger partial charge in [-0.05, 0) is 17.7 Å². The third kappa shape index (κ3) is 4.43. The summed E-state index contributed by atoms with van der Waals surface area (Å²) in [5.74, 6) is 0.592. The summed E-state index contributed by atoms with van der Waals surface area (Å²) in [4.78, 5) is 0. The van der Waals surface area contributed by atoms with Crippen LogP contribution in [0.2, 0.25) is 0 Å². The number of aromatic nitrogens is 2. The van der Waals surface area contributed by atoms with Gasteiger partial charge in [0.1, 0.15) is 0 Å². The Morgan fingerprint density at radius 2 is 2.10 bits per heavy atom. The van der Waals surface area contributed by atoms with Crippen LogP contribution in [0.4, 0.5) is 5.69 Å². The van der Waals surface area contributed by atoms with Crippen molar-refractivity contribution in [3.8, 4) is 0 Å². The summed E-state index contributed by atoms with van der Waals surface area (Å²) in [6.45, 7) is 7.23. The predicted molar refractivity (Wildman–Crippen MR) is 88.8 cm³/mol. The molecule has 0 spiro atoms. The number of H-pyrrole nitrogens is 1. The van der Waals surface area contributed by atoms with Crippen LogP contribution in [0.3, 0.4) is 0 Å². The molecule has 0 unspecified atom stereocenters. The Hall–Kier alpha value is -1.62. The standard InChI is InChI=1S/C16H23N3OS/c1-16(2,3)15-13(10-18-19-15)9-17-14-7-5-6-12(8-14)11-21(4)20/h5-8,10,17H,9,11H2,1-4H3,(H,18,19)/t21-/m0/s1. The van der Waals surface area contributed by atoms with Gasteiger partial charge < -0.3 is 5.32 Å². The molecule has 0 bridgehead atoms. The Morgan fingerprint density at radius 1 is 1.33 bits per heavy atom. The molecular weight excluding hydrogens is 282 g/mol. The molecule has 0 amide bonds. The van der Waals surface area contributed by atoms with Gasteiger partial charge in [-0.15, -0.1) is 0 Å². The van der Waals surface area contributed by atoms with Crippen molar-refractivity contribution >= 4 is 16.5 Å². The number of aromatic amines is 1. The summed E-state index contributed by atoms with van der Waals surface area (Å²) in [5, 5.41) is 10.7. The number of nitrogens with one attached hydrogen (secondary N) is 2. The lowest BCUT2D eigenvalue weighted by molar-refractivity contribution is 0.561. The molecule has 114 valence electrons. The highest BCUT2D eigenvalue weighted by Gasteiger charge is 2.19. The molecule has 0 radical (unpaired) electrons. The zero-order chi connectivity index (χ0) is 15.5. The van der Waals surface area contributed by atoms with Gasteiger partial charge in [-0.3, -0.25) is 9.31 Å². The van der Waals surface area contributed by atoms with E-state index in [4.69, 9.17) is 0 Å². The van der Waals surface area contributed by atoms with Gasteiger partial charge in [0.2, 0.25) is 0 Å². The molecule has 1 aromatic carbocycles. The zero-order valence-electron chi connectivity index (χ0n) is 13.1. The molecule has 0 saturated carbocycles. The van der Waals surface area contributed by atoms with E-state index in [2.05, 4.69) is 42.4 Å². The summed E-state index contributed by atoms with van der Waals surface area (Å²) in [6, 6.07) is 8.08. The van der Waals surface area contributed by atoms with Crippen molar-refractivity contribution in [3.05, 3.63) is 47.3 Å². The molecule has 1 heterocycles. The van der Waals surface area contributed by atoms with Crippen LogP contribution in [-0.2, 0) is 28.5 Å². The van der Waals surface area contributed by atoms with Crippen LogP contribution in [0.25, 0.3) is 0 Å². The topological polar surface area (TPSA) is 57.8 Å². The lowest BCUT2D eigenvalue weighted by Gasteiger charge is -2.18. The van der Waals surface area contributed by atoms with E-state index >= 15 is 0 Å². The highest BCUT2D eigenvalue weighted by molar-refractivity contribution is 7.83. The number of hydrogen-bond acceptors (Lipinski definition) is 3. The predicted octanol–water partition coefficient (Wildman–Crippen LogP) is 3.20. The number of nitrogens with zero attached hydrogens (tertiary/aromatic N) is 1. The van der Waals surface area contributed by atoms with Crippen molar-refractivity contribution in [2.75, 3.05) is 11.6 Å². The molecule has 0 aliphatic carbocycles. The monoisotopic (exact) mass is 305 g/mol. The lowest BCUT2D eigenvalue weighted by Crippen LogP contribution is -2.15. The van der Waals surface area contributed by atoms with Gasteiger partial charge in [0.05, 0.1) is 6.20 Å². The number of anilines is 1. The fourth-order valence-electron chi connectivity index (χ4n) is 2.30. The lowest BCUT2D eigenvalue weighted by atomic mass is 9.89. The van der Waals surface area contributed by atoms with E-state index in [0.717, 1.165) is 23.5 Å². The van der Waals surface area contributed by atoms with Gasteiger partial charge in [-0.2, -0.15) is 5.10 Å². The van der Waals surface area contributed by atoms with Crippen molar-refractivity contribution in [1.29, 1.82) is 0 Å². The first kappa shape index (κ1) is 15.8. The Morgan fingerprint density at radius 3 is 2.76 bits per heavy atom. The van der Waals surface area contributed by atoms with E-state index in [1.807, 2.05) is 24.4 Å². The summed E-state index contributed by atoms with van der Waals surface area (Å²) in [6.07, 6.45) is 3.60. The van der Waals surface area contributed by atoms with Crippen molar-refractivity contribution < 1.29 is 4.21 Å². The smallest absolute Gasteiger partial charge is 0.0540 e. The average molecular weight is 305 g/mol. The molecule has 1 atom stereocenters. The van der Waals surface area contributed by atoms with Gasteiger partial charge in [0.25, 0.3) is 0 Å². The van der Waals surface area contributed by atoms with E-state index < -0.39 is 10.8 Å². The summed E-state index contributed by atoms with van der Waals surface area (Å²) < 4.78 is 11.3. The molecule has 0 fully saturated rings. The Balaban J connectivity index is 2.07. The summed E-state index contributed by atoms with van der Waals surface area (Å²) >= 11 is 0. The molecular formula is C16H23N3OS. The molecule has 0 saturated heterocycles. The second-order valence-electron chi connectivity index (χ2n) is 6.29. The highest BCUT2D eigenvalue weighted by Crippen LogP contribution is 2.24. The molecule has 2 rings (SSSR count). The van der Waals surface area contributed by atoms with Crippen LogP contribution in [0.1, 0.15) is 37.6 Å². The Labute approximate surface area is 128 Å². The van der Waals surface area contributed by atoms with Crippen LogP contribution in [0, 0.1) is 0 Å². The van der Waals surface area contributed by atoms with Gasteiger partial charge in [0.15, 0.2) is 0 Å². The van der Waals surface area contributed by atoms with Crippen LogP contribution in [0.15, 0.2) is 30.5 Å². The van der Waals surface area contributed by atoms with Crippen molar-refractivity contribution in [2.24, 2.45) is 0 Å². The molecule has 2 N–H and O–H groups in total. The molecule has 0 aliphatic heterocycles. The maximum atomic E-state index is 11.3. The van der Waals surface area contributed by atoms with Crippen molar-refractivity contribution in [2.45, 2.75) is 38.5 Å². The first-order chi connectivity index (χ1) is 9.86. The first-order valence-electron chi connectivity index (χ1n) is 7.02. The number of hydrogen-bond donors (Lipinski definition) is 2. The van der Waals surface area contributed by atoms with Crippen LogP contribution in [-0.4, -0.2) is 20.7 Å². The quantitative estimate of drug-likeness (QED) is 0.892. The van der Waals surface area contributed by atoms with Crippen LogP contribution < -0.4 is 5.32 Å². The molecule has 2 aromatic rings. The fourth-order valence-corrected chi connectivity index (χ4v) is 2.95. The van der Waals surface area contributed by atoms with E-state index in [1.165, 1.54) is 5.56 Å². The van der Waals surface area contributed by atoms with Crippen molar-refractivity contribution in [3.63, 3.8) is 0 Å². The molecule has 4 nitrogen and oxygen atoms in total. The molecule has 0 aliphatic rings. The first-order valence-corrected chi connectivity index (χ1v) is 8.74. The zero-order valence-corrected chi connectivity index (χ0v) is 13.9. The third-order valence-electron chi connectivity index (χ3n) is 3.25. The maximum absolute atomic E-state index is 11.3. The SMILES string of the molecule is C[S@](=O)Cc1cccc(NCc2cn[nH]c2C(C)(C)C)c1. The maximum Gasteiger partial charge on any atom is 0.0540 e. The number of benzene rings is 1. The third-order valence-corrected chi connectivity index (χ3v) is 3.99. The molecule has 5 heteroatoms. The minimum Gasteiger partial charge on any atom is -0.381 e. The van der Waals surface area contributed by atoms with Crippen LogP contribution >= 0.6 is 0 Å². The highest BCUT2D eigenvalue weighted by atomic mass is 32.2. The largest absolute Gasteiger partial charge is 0.381 e. The number of rotatable bonds is 5. The molecule has 21 heavy (non-hydrogen) atoms. The van der Waals surface area contributed by atoms with Crippen molar-refractivity contribution in [1.82, 2.24) is 10.2 Å². The minimum absolute atomic E-state index is 0.0501. The Kier molecular flexibility index (Phi) is 4.83. The van der Waals surface area contributed by atoms with E-state index in [9.17, 15) is 4.21 Å². The van der Waals surface area contributed by atoms with E-state index in [-0.39, 0.29) is 5.41 Å².